The molecule has 0 bridgehead atoms. The fourth-order valence-electron chi connectivity index (χ4n) is 2.72. The number of nitrogens with zero attached hydrogens (tertiary/aromatic N) is 2. The van der Waals surface area contributed by atoms with Gasteiger partial charge in [0, 0.05) is 11.1 Å². The number of aromatic amines is 1. The lowest BCUT2D eigenvalue weighted by Gasteiger charge is -2.22. The fraction of sp³-hybridized carbons (Fsp3) is 0.429. The number of nitrogens with one attached hydrogen (secondary N) is 2. The fourth-order valence-corrected chi connectivity index (χ4v) is 2.72. The Kier molecular flexibility index (Phi) is 2.99. The van der Waals surface area contributed by atoms with Crippen molar-refractivity contribution in [2.24, 2.45) is 5.92 Å². The molecule has 1 fully saturated rings. The number of hydrogen-bond donors (Lipinski definition) is 2. The first kappa shape index (κ1) is 11.2. The van der Waals surface area contributed by atoms with Crippen LogP contribution in [0.25, 0.3) is 10.9 Å². The molecular formula is C14H16N4. The minimum absolute atomic E-state index is 0.650. The van der Waals surface area contributed by atoms with Gasteiger partial charge in [0.25, 0.3) is 0 Å². The van der Waals surface area contributed by atoms with Crippen LogP contribution >= 0.6 is 0 Å². The summed E-state index contributed by atoms with van der Waals surface area (Å²) in [6.45, 7) is 2.22. The molecule has 4 heteroatoms. The number of para-hydroxylation sites is 1. The number of H-pyrrole nitrogens is 1. The maximum absolute atomic E-state index is 9.05. The zero-order valence-corrected chi connectivity index (χ0v) is 10.2. The van der Waals surface area contributed by atoms with E-state index in [1.165, 1.54) is 12.8 Å². The molecule has 92 valence electrons. The lowest BCUT2D eigenvalue weighted by atomic mass is 9.93. The van der Waals surface area contributed by atoms with Gasteiger partial charge in [0.2, 0.25) is 0 Å². The molecule has 1 saturated heterocycles. The highest BCUT2D eigenvalue weighted by Gasteiger charge is 2.16. The Labute approximate surface area is 106 Å². The minimum atomic E-state index is 0.650. The lowest BCUT2D eigenvalue weighted by molar-refractivity contribution is 0.374. The maximum atomic E-state index is 9.05. The van der Waals surface area contributed by atoms with Crippen molar-refractivity contribution in [1.29, 1.82) is 5.26 Å². The number of piperidine rings is 1. The molecule has 2 heterocycles. The topological polar surface area (TPSA) is 64.5 Å². The van der Waals surface area contributed by atoms with Crippen LogP contribution in [0.4, 0.5) is 0 Å². The predicted molar refractivity (Wildman–Crippen MR) is 70.1 cm³/mol. The Morgan fingerprint density at radius 2 is 2.39 bits per heavy atom. The summed E-state index contributed by atoms with van der Waals surface area (Å²) in [5, 5.41) is 21.0. The molecule has 18 heavy (non-hydrogen) atoms. The van der Waals surface area contributed by atoms with Gasteiger partial charge in [0.05, 0.1) is 5.56 Å². The molecule has 0 aliphatic carbocycles. The number of fused-ring (bicyclic) bond motifs is 1. The van der Waals surface area contributed by atoms with Gasteiger partial charge >= 0.3 is 0 Å². The number of nitriles is 1. The number of aromatic nitrogens is 2. The maximum Gasteiger partial charge on any atom is 0.110 e. The largest absolute Gasteiger partial charge is 0.316 e. The van der Waals surface area contributed by atoms with Crippen molar-refractivity contribution in [1.82, 2.24) is 15.5 Å². The Bertz CT molecular complexity index is 587. The summed E-state index contributed by atoms with van der Waals surface area (Å²) >= 11 is 0. The van der Waals surface area contributed by atoms with Crippen molar-refractivity contribution >= 4 is 10.9 Å². The van der Waals surface area contributed by atoms with Gasteiger partial charge in [0.15, 0.2) is 0 Å². The van der Waals surface area contributed by atoms with Gasteiger partial charge in [-0.1, -0.05) is 12.1 Å². The van der Waals surface area contributed by atoms with Crippen LogP contribution in [0.1, 0.15) is 24.1 Å². The molecule has 1 aliphatic rings. The molecule has 1 aromatic carbocycles. The third kappa shape index (κ3) is 1.98. The molecule has 0 radical (unpaired) electrons. The van der Waals surface area contributed by atoms with Crippen LogP contribution in [-0.4, -0.2) is 23.3 Å². The average Bonchev–Trinajstić information content (AvgIpc) is 2.83. The first-order chi connectivity index (χ1) is 8.88. The van der Waals surface area contributed by atoms with Crippen molar-refractivity contribution < 1.29 is 0 Å². The number of benzene rings is 1. The predicted octanol–water partition coefficient (Wildman–Crippen LogP) is 1.98. The normalized spacial score (nSPS) is 19.8. The molecule has 0 unspecified atom stereocenters. The standard InChI is InChI=1S/C14H16N4/c15-8-11-4-1-5-12-13(17-18-14(11)12)7-10-3-2-6-16-9-10/h1,4-5,10,16H,2-3,6-7,9H2,(H,17,18)/t10-/m1/s1. The molecule has 1 aromatic heterocycles. The summed E-state index contributed by atoms with van der Waals surface area (Å²) in [6, 6.07) is 7.98. The molecule has 4 nitrogen and oxygen atoms in total. The minimum Gasteiger partial charge on any atom is -0.316 e. The first-order valence-corrected chi connectivity index (χ1v) is 6.45. The molecule has 1 atom stereocenters. The summed E-state index contributed by atoms with van der Waals surface area (Å²) in [7, 11) is 0. The monoisotopic (exact) mass is 240 g/mol. The third-order valence-corrected chi connectivity index (χ3v) is 3.68. The van der Waals surface area contributed by atoms with Crippen LogP contribution in [0.5, 0.6) is 0 Å². The van der Waals surface area contributed by atoms with Gasteiger partial charge in [-0.25, -0.2) is 0 Å². The summed E-state index contributed by atoms with van der Waals surface area (Å²) in [5.41, 5.74) is 2.62. The van der Waals surface area contributed by atoms with E-state index in [1.54, 1.807) is 0 Å². The van der Waals surface area contributed by atoms with Crippen molar-refractivity contribution in [2.45, 2.75) is 19.3 Å². The van der Waals surface area contributed by atoms with E-state index in [4.69, 9.17) is 5.26 Å². The highest BCUT2D eigenvalue weighted by atomic mass is 15.1. The summed E-state index contributed by atoms with van der Waals surface area (Å²) < 4.78 is 0. The second-order valence-corrected chi connectivity index (χ2v) is 4.93. The van der Waals surface area contributed by atoms with Gasteiger partial charge in [-0.15, -0.1) is 0 Å². The van der Waals surface area contributed by atoms with Crippen molar-refractivity contribution in [3.8, 4) is 6.07 Å². The van der Waals surface area contributed by atoms with E-state index >= 15 is 0 Å². The SMILES string of the molecule is N#Cc1cccc2c(C[C@H]3CCCNC3)[nH]nc12. The van der Waals surface area contributed by atoms with E-state index in [-0.39, 0.29) is 0 Å². The van der Waals surface area contributed by atoms with Crippen molar-refractivity contribution in [2.75, 3.05) is 13.1 Å². The van der Waals surface area contributed by atoms with E-state index < -0.39 is 0 Å². The van der Waals surface area contributed by atoms with Crippen LogP contribution in [-0.2, 0) is 6.42 Å². The van der Waals surface area contributed by atoms with Gasteiger partial charge in [-0.2, -0.15) is 10.4 Å². The molecule has 2 aromatic rings. The van der Waals surface area contributed by atoms with Crippen LogP contribution < -0.4 is 5.32 Å². The van der Waals surface area contributed by atoms with Gasteiger partial charge < -0.3 is 5.32 Å². The Hall–Kier alpha value is -1.86. The van der Waals surface area contributed by atoms with Crippen molar-refractivity contribution in [3.05, 3.63) is 29.5 Å². The van der Waals surface area contributed by atoms with Crippen LogP contribution in [0.15, 0.2) is 18.2 Å². The molecule has 0 saturated carbocycles. The zero-order chi connectivity index (χ0) is 12.4. The van der Waals surface area contributed by atoms with Crippen LogP contribution in [0, 0.1) is 17.2 Å². The average molecular weight is 240 g/mol. The molecule has 3 rings (SSSR count). The molecule has 1 aliphatic heterocycles. The van der Waals surface area contributed by atoms with E-state index in [2.05, 4.69) is 21.6 Å². The smallest absolute Gasteiger partial charge is 0.110 e. The van der Waals surface area contributed by atoms with Crippen molar-refractivity contribution in [3.63, 3.8) is 0 Å². The summed E-state index contributed by atoms with van der Waals surface area (Å²) in [5.74, 6) is 0.674. The zero-order valence-electron chi connectivity index (χ0n) is 10.2. The van der Waals surface area contributed by atoms with E-state index in [1.807, 2.05) is 18.2 Å². The Morgan fingerprint density at radius 3 is 3.17 bits per heavy atom. The second kappa shape index (κ2) is 4.79. The van der Waals surface area contributed by atoms with E-state index in [9.17, 15) is 0 Å². The quantitative estimate of drug-likeness (QED) is 0.843. The van der Waals surface area contributed by atoms with Crippen LogP contribution in [0.3, 0.4) is 0 Å². The second-order valence-electron chi connectivity index (χ2n) is 4.93. The molecule has 0 spiro atoms. The van der Waals surface area contributed by atoms with E-state index in [0.717, 1.165) is 36.1 Å². The highest BCUT2D eigenvalue weighted by molar-refractivity contribution is 5.86. The van der Waals surface area contributed by atoms with Gasteiger partial charge in [-0.05, 0) is 44.3 Å². The summed E-state index contributed by atoms with van der Waals surface area (Å²) in [6.07, 6.45) is 3.53. The molecular weight excluding hydrogens is 224 g/mol. The third-order valence-electron chi connectivity index (χ3n) is 3.68. The number of hydrogen-bond acceptors (Lipinski definition) is 3. The summed E-state index contributed by atoms with van der Waals surface area (Å²) in [4.78, 5) is 0. The Balaban J connectivity index is 1.91. The number of rotatable bonds is 2. The molecule has 2 N–H and O–H groups in total. The lowest BCUT2D eigenvalue weighted by Crippen LogP contribution is -2.30. The highest BCUT2D eigenvalue weighted by Crippen LogP contribution is 2.23. The molecule has 0 amide bonds. The van der Waals surface area contributed by atoms with Crippen LogP contribution in [0.2, 0.25) is 0 Å². The Morgan fingerprint density at radius 1 is 1.44 bits per heavy atom. The van der Waals surface area contributed by atoms with Gasteiger partial charge in [0.1, 0.15) is 11.6 Å². The van der Waals surface area contributed by atoms with Gasteiger partial charge in [-0.3, -0.25) is 5.10 Å². The first-order valence-electron chi connectivity index (χ1n) is 6.45. The van der Waals surface area contributed by atoms with E-state index in [0.29, 0.717) is 11.5 Å².